The fraction of sp³-hybridized carbons (Fsp3) is 0.700. The van der Waals surface area contributed by atoms with Gasteiger partial charge in [-0.2, -0.15) is 10.2 Å². The summed E-state index contributed by atoms with van der Waals surface area (Å²) in [6.45, 7) is 8.78. The number of hydrogen-bond acceptors (Lipinski definition) is 8. The maximum absolute atomic E-state index is 5.72. The average Bonchev–Trinajstić information content (AvgIpc) is 3.42. The highest BCUT2D eigenvalue weighted by Gasteiger charge is 2.09. The molecule has 0 bridgehead atoms. The topological polar surface area (TPSA) is 85.0 Å². The van der Waals surface area contributed by atoms with Crippen molar-refractivity contribution in [3.8, 4) is 0 Å². The number of hydrogen-bond donors (Lipinski definition) is 0. The Morgan fingerprint density at radius 2 is 1.27 bits per heavy atom. The van der Waals surface area contributed by atoms with Crippen LogP contribution in [-0.4, -0.2) is 104 Å². The van der Waals surface area contributed by atoms with Crippen LogP contribution in [0.4, 0.5) is 0 Å². The van der Waals surface area contributed by atoms with Crippen molar-refractivity contribution in [2.24, 2.45) is 0 Å². The molecular formula is C20H33N5O5. The Morgan fingerprint density at radius 1 is 0.700 bits per heavy atom. The number of nitrogens with zero attached hydrogens (tertiary/aromatic N) is 5. The summed E-state index contributed by atoms with van der Waals surface area (Å²) in [6.07, 6.45) is 5.66. The minimum atomic E-state index is 0.569. The second-order valence-electron chi connectivity index (χ2n) is 6.87. The molecule has 0 amide bonds. The quantitative estimate of drug-likeness (QED) is 0.702. The molecule has 10 heteroatoms. The van der Waals surface area contributed by atoms with Gasteiger partial charge in [-0.1, -0.05) is 0 Å². The Hall–Kier alpha value is -1.82. The zero-order valence-electron chi connectivity index (χ0n) is 17.6. The third kappa shape index (κ3) is 9.33. The molecule has 1 fully saturated rings. The average molecular weight is 424 g/mol. The Morgan fingerprint density at radius 3 is 1.80 bits per heavy atom. The van der Waals surface area contributed by atoms with Crippen LogP contribution in [0, 0.1) is 0 Å². The summed E-state index contributed by atoms with van der Waals surface area (Å²) in [6, 6.07) is 3.95. The minimum Gasteiger partial charge on any atom is -0.378 e. The molecule has 0 radical (unpaired) electrons. The van der Waals surface area contributed by atoms with Gasteiger partial charge in [0, 0.05) is 38.2 Å². The van der Waals surface area contributed by atoms with Crippen LogP contribution in [-0.2, 0) is 36.9 Å². The molecule has 30 heavy (non-hydrogen) atoms. The van der Waals surface area contributed by atoms with E-state index in [9.17, 15) is 0 Å². The Labute approximate surface area is 177 Å². The van der Waals surface area contributed by atoms with Gasteiger partial charge in [0.1, 0.15) is 6.67 Å². The van der Waals surface area contributed by atoms with Crippen LogP contribution >= 0.6 is 0 Å². The number of rotatable bonds is 4. The second-order valence-corrected chi connectivity index (χ2v) is 6.87. The molecular weight excluding hydrogens is 390 g/mol. The molecule has 2 aromatic rings. The molecule has 0 saturated carbocycles. The zero-order chi connectivity index (χ0) is 20.7. The fourth-order valence-electron chi connectivity index (χ4n) is 2.97. The van der Waals surface area contributed by atoms with E-state index in [-0.39, 0.29) is 0 Å². The van der Waals surface area contributed by atoms with E-state index in [4.69, 9.17) is 23.7 Å². The van der Waals surface area contributed by atoms with E-state index in [0.717, 1.165) is 25.3 Å². The van der Waals surface area contributed by atoms with E-state index >= 15 is 0 Å². The van der Waals surface area contributed by atoms with Crippen LogP contribution in [0.25, 0.3) is 0 Å². The van der Waals surface area contributed by atoms with Crippen LogP contribution in [0.3, 0.4) is 0 Å². The van der Waals surface area contributed by atoms with E-state index in [2.05, 4.69) is 15.1 Å². The molecule has 0 N–H and O–H groups in total. The summed E-state index contributed by atoms with van der Waals surface area (Å²) < 4.78 is 31.6. The van der Waals surface area contributed by atoms with Crippen LogP contribution < -0.4 is 0 Å². The summed E-state index contributed by atoms with van der Waals surface area (Å²) in [5.74, 6) is 0. The summed E-state index contributed by atoms with van der Waals surface area (Å²) in [5.41, 5.74) is 1.01. The van der Waals surface area contributed by atoms with Crippen LogP contribution in [0.1, 0.15) is 5.69 Å². The summed E-state index contributed by atoms with van der Waals surface area (Å²) in [7, 11) is 0. The van der Waals surface area contributed by atoms with Crippen molar-refractivity contribution in [1.29, 1.82) is 0 Å². The molecule has 3 rings (SSSR count). The van der Waals surface area contributed by atoms with Gasteiger partial charge < -0.3 is 23.7 Å². The molecule has 2 aromatic heterocycles. The molecule has 0 aliphatic carbocycles. The SMILES string of the molecule is c1cnn(Cn2ccc(CN3CCOCCOCCOCCOCCOCC3)n2)c1. The van der Waals surface area contributed by atoms with Gasteiger partial charge in [-0.25, -0.2) is 0 Å². The van der Waals surface area contributed by atoms with E-state index in [1.807, 2.05) is 33.9 Å². The van der Waals surface area contributed by atoms with Crippen molar-refractivity contribution in [3.63, 3.8) is 0 Å². The molecule has 1 aliphatic rings. The largest absolute Gasteiger partial charge is 0.378 e. The summed E-state index contributed by atoms with van der Waals surface area (Å²) in [5, 5.41) is 8.88. The lowest BCUT2D eigenvalue weighted by Crippen LogP contribution is -2.31. The molecule has 3 heterocycles. The summed E-state index contributed by atoms with van der Waals surface area (Å²) >= 11 is 0. The predicted octanol–water partition coefficient (Wildman–Crippen LogP) is 0.484. The van der Waals surface area contributed by atoms with E-state index in [0.29, 0.717) is 72.7 Å². The highest BCUT2D eigenvalue weighted by Crippen LogP contribution is 2.03. The summed E-state index contributed by atoms with van der Waals surface area (Å²) in [4.78, 5) is 2.29. The molecule has 0 atom stereocenters. The maximum Gasteiger partial charge on any atom is 0.133 e. The lowest BCUT2D eigenvalue weighted by molar-refractivity contribution is -0.0190. The van der Waals surface area contributed by atoms with Crippen molar-refractivity contribution in [3.05, 3.63) is 36.4 Å². The lowest BCUT2D eigenvalue weighted by Gasteiger charge is -2.21. The first-order valence-electron chi connectivity index (χ1n) is 10.5. The van der Waals surface area contributed by atoms with Gasteiger partial charge in [-0.3, -0.25) is 14.3 Å². The predicted molar refractivity (Wildman–Crippen MR) is 109 cm³/mol. The Kier molecular flexibility index (Phi) is 10.8. The monoisotopic (exact) mass is 423 g/mol. The molecule has 10 nitrogen and oxygen atoms in total. The zero-order valence-corrected chi connectivity index (χ0v) is 17.6. The number of ether oxygens (including phenoxy) is 5. The van der Waals surface area contributed by atoms with Gasteiger partial charge in [-0.05, 0) is 12.1 Å². The third-order valence-corrected chi connectivity index (χ3v) is 4.52. The van der Waals surface area contributed by atoms with Crippen molar-refractivity contribution < 1.29 is 23.7 Å². The molecule has 1 aliphatic heterocycles. The first-order valence-corrected chi connectivity index (χ1v) is 10.5. The molecule has 168 valence electrons. The van der Waals surface area contributed by atoms with Crippen LogP contribution in [0.2, 0.25) is 0 Å². The van der Waals surface area contributed by atoms with E-state index in [1.165, 1.54) is 0 Å². The maximum atomic E-state index is 5.72. The van der Waals surface area contributed by atoms with Gasteiger partial charge in [0.15, 0.2) is 0 Å². The number of aromatic nitrogens is 4. The first kappa shape index (κ1) is 22.9. The van der Waals surface area contributed by atoms with Crippen molar-refractivity contribution in [1.82, 2.24) is 24.5 Å². The highest BCUT2D eigenvalue weighted by molar-refractivity contribution is 4.99. The Bertz CT molecular complexity index is 648. The Balaban J connectivity index is 1.44. The molecule has 0 unspecified atom stereocenters. The molecule has 0 spiro atoms. The molecule has 0 aromatic carbocycles. The van der Waals surface area contributed by atoms with Gasteiger partial charge in [-0.15, -0.1) is 0 Å². The van der Waals surface area contributed by atoms with Crippen molar-refractivity contribution in [2.75, 3.05) is 79.2 Å². The normalized spacial score (nSPS) is 19.9. The van der Waals surface area contributed by atoms with Crippen molar-refractivity contribution in [2.45, 2.75) is 13.2 Å². The van der Waals surface area contributed by atoms with Crippen LogP contribution in [0.15, 0.2) is 30.7 Å². The highest BCUT2D eigenvalue weighted by atomic mass is 16.6. The smallest absolute Gasteiger partial charge is 0.133 e. The van der Waals surface area contributed by atoms with Crippen molar-refractivity contribution >= 4 is 0 Å². The third-order valence-electron chi connectivity index (χ3n) is 4.52. The molecule has 1 saturated heterocycles. The van der Waals surface area contributed by atoms with E-state index < -0.39 is 0 Å². The van der Waals surface area contributed by atoms with Gasteiger partial charge in [0.25, 0.3) is 0 Å². The van der Waals surface area contributed by atoms with Gasteiger partial charge in [0.05, 0.1) is 71.8 Å². The lowest BCUT2D eigenvalue weighted by atomic mass is 10.3. The minimum absolute atomic E-state index is 0.569. The van der Waals surface area contributed by atoms with Crippen LogP contribution in [0.5, 0.6) is 0 Å². The standard InChI is InChI=1S/C20H33N5O5/c1-3-21-24(4-1)19-25-5-2-20(22-25)18-23-6-8-26-10-12-28-14-16-30-17-15-29-13-11-27-9-7-23/h1-5H,6-19H2. The van der Waals surface area contributed by atoms with Gasteiger partial charge in [0.2, 0.25) is 0 Å². The fourth-order valence-corrected chi connectivity index (χ4v) is 2.97. The van der Waals surface area contributed by atoms with E-state index in [1.54, 1.807) is 6.20 Å². The first-order chi connectivity index (χ1) is 14.9. The second kappa shape index (κ2) is 14.2. The van der Waals surface area contributed by atoms with Gasteiger partial charge >= 0.3 is 0 Å².